The first-order chi connectivity index (χ1) is 9.44. The van der Waals surface area contributed by atoms with Gasteiger partial charge in [-0.2, -0.15) is 0 Å². The summed E-state index contributed by atoms with van der Waals surface area (Å²) in [6, 6.07) is 0. The van der Waals surface area contributed by atoms with Crippen LogP contribution in [0.5, 0.6) is 0 Å². The van der Waals surface area contributed by atoms with E-state index in [2.05, 4.69) is 6.58 Å². The molecule has 0 atom stereocenters. The zero-order chi connectivity index (χ0) is 15.6. The van der Waals surface area contributed by atoms with Crippen LogP contribution in [0, 0.1) is 0 Å². The standard InChI is InChI=1S/C12H26O6P2/c1-6-11-12(19(13,15-7-2)16-8-3)20(14,17-9-4)18-10-5/h6,12H,1,7-11H2,2-5H3. The predicted octanol–water partition coefficient (Wildman–Crippen LogP) is 4.42. The molecule has 20 heavy (non-hydrogen) atoms. The van der Waals surface area contributed by atoms with Gasteiger partial charge in [-0.3, -0.25) is 9.13 Å². The molecular weight excluding hydrogens is 302 g/mol. The fraction of sp³-hybridized carbons (Fsp3) is 0.833. The van der Waals surface area contributed by atoms with Crippen LogP contribution in [0.2, 0.25) is 0 Å². The van der Waals surface area contributed by atoms with E-state index in [0.717, 1.165) is 0 Å². The highest BCUT2D eigenvalue weighted by molar-refractivity contribution is 7.72. The Hall–Kier alpha value is 0.0400. The summed E-state index contributed by atoms with van der Waals surface area (Å²) in [7, 11) is -7.22. The summed E-state index contributed by atoms with van der Waals surface area (Å²) < 4.78 is 46.9. The smallest absolute Gasteiger partial charge is 0.308 e. The highest BCUT2D eigenvalue weighted by Gasteiger charge is 2.49. The summed E-state index contributed by atoms with van der Waals surface area (Å²) in [5.41, 5.74) is 0. The highest BCUT2D eigenvalue weighted by atomic mass is 31.2. The second kappa shape index (κ2) is 9.88. The fourth-order valence-electron chi connectivity index (χ4n) is 1.72. The van der Waals surface area contributed by atoms with Crippen molar-refractivity contribution in [2.75, 3.05) is 26.4 Å². The molecule has 0 fully saturated rings. The van der Waals surface area contributed by atoms with Gasteiger partial charge in [0.05, 0.1) is 26.4 Å². The van der Waals surface area contributed by atoms with Crippen LogP contribution in [0.1, 0.15) is 34.1 Å². The molecule has 8 heteroatoms. The van der Waals surface area contributed by atoms with E-state index in [1.165, 1.54) is 6.08 Å². The van der Waals surface area contributed by atoms with Crippen molar-refractivity contribution in [3.63, 3.8) is 0 Å². The van der Waals surface area contributed by atoms with E-state index in [4.69, 9.17) is 18.1 Å². The largest absolute Gasteiger partial charge is 0.346 e. The van der Waals surface area contributed by atoms with Crippen molar-refractivity contribution in [3.05, 3.63) is 12.7 Å². The average Bonchev–Trinajstić information content (AvgIpc) is 2.36. The average molecular weight is 328 g/mol. The Morgan fingerprint density at radius 1 is 0.850 bits per heavy atom. The predicted molar refractivity (Wildman–Crippen MR) is 80.3 cm³/mol. The van der Waals surface area contributed by atoms with Crippen molar-refractivity contribution in [1.82, 2.24) is 0 Å². The zero-order valence-electron chi connectivity index (χ0n) is 12.7. The molecule has 0 radical (unpaired) electrons. The minimum Gasteiger partial charge on any atom is -0.308 e. The third kappa shape index (κ3) is 5.44. The van der Waals surface area contributed by atoms with E-state index in [0.29, 0.717) is 0 Å². The van der Waals surface area contributed by atoms with E-state index in [1.54, 1.807) is 27.7 Å². The Morgan fingerprint density at radius 3 is 1.35 bits per heavy atom. The van der Waals surface area contributed by atoms with Gasteiger partial charge in [0.25, 0.3) is 0 Å². The van der Waals surface area contributed by atoms with Gasteiger partial charge in [-0.1, -0.05) is 6.08 Å². The molecule has 0 bridgehead atoms. The van der Waals surface area contributed by atoms with Gasteiger partial charge in [-0.15, -0.1) is 6.58 Å². The molecule has 0 aromatic rings. The summed E-state index contributed by atoms with van der Waals surface area (Å²) in [4.78, 5) is 0. The Bertz CT molecular complexity index is 321. The maximum absolute atomic E-state index is 12.9. The molecule has 0 aliphatic carbocycles. The minimum absolute atomic E-state index is 0.161. The van der Waals surface area contributed by atoms with E-state index in [-0.39, 0.29) is 32.8 Å². The Morgan fingerprint density at radius 2 is 1.15 bits per heavy atom. The van der Waals surface area contributed by atoms with E-state index in [1.807, 2.05) is 0 Å². The maximum atomic E-state index is 12.9. The summed E-state index contributed by atoms with van der Waals surface area (Å²) >= 11 is 0. The molecule has 0 saturated carbocycles. The second-order valence-corrected chi connectivity index (χ2v) is 8.60. The van der Waals surface area contributed by atoms with Crippen molar-refractivity contribution in [1.29, 1.82) is 0 Å². The van der Waals surface area contributed by atoms with Crippen LogP contribution in [0.25, 0.3) is 0 Å². The molecule has 0 amide bonds. The molecule has 0 spiro atoms. The third-order valence-corrected chi connectivity index (χ3v) is 8.39. The van der Waals surface area contributed by atoms with Crippen molar-refractivity contribution >= 4 is 15.2 Å². The van der Waals surface area contributed by atoms with Crippen LogP contribution in [-0.2, 0) is 27.2 Å². The lowest BCUT2D eigenvalue weighted by Crippen LogP contribution is -2.17. The van der Waals surface area contributed by atoms with Gasteiger partial charge in [0, 0.05) is 0 Å². The van der Waals surface area contributed by atoms with Crippen LogP contribution < -0.4 is 0 Å². The van der Waals surface area contributed by atoms with E-state index < -0.39 is 20.6 Å². The van der Waals surface area contributed by atoms with Gasteiger partial charge in [0.2, 0.25) is 0 Å². The molecule has 0 unspecified atom stereocenters. The molecule has 0 aliphatic heterocycles. The molecule has 0 heterocycles. The second-order valence-electron chi connectivity index (χ2n) is 3.76. The topological polar surface area (TPSA) is 71.1 Å². The summed E-state index contributed by atoms with van der Waals surface area (Å²) in [6.07, 6.45) is 1.68. The molecule has 6 nitrogen and oxygen atoms in total. The van der Waals surface area contributed by atoms with Crippen molar-refractivity contribution in [2.24, 2.45) is 0 Å². The molecule has 0 rings (SSSR count). The van der Waals surface area contributed by atoms with E-state index >= 15 is 0 Å². The Kier molecular flexibility index (Phi) is 9.90. The maximum Gasteiger partial charge on any atom is 0.346 e. The molecule has 0 aromatic carbocycles. The Labute approximate surface area is 121 Å². The van der Waals surface area contributed by atoms with Crippen molar-refractivity contribution in [2.45, 2.75) is 39.5 Å². The zero-order valence-corrected chi connectivity index (χ0v) is 14.5. The molecule has 0 N–H and O–H groups in total. The molecule has 0 aliphatic rings. The Balaban J connectivity index is 5.59. The lowest BCUT2D eigenvalue weighted by molar-refractivity contribution is 0.195. The third-order valence-electron chi connectivity index (χ3n) is 2.34. The first kappa shape index (κ1) is 20.0. The van der Waals surface area contributed by atoms with Crippen LogP contribution >= 0.6 is 15.2 Å². The van der Waals surface area contributed by atoms with Gasteiger partial charge in [-0.05, 0) is 34.1 Å². The lowest BCUT2D eigenvalue weighted by atomic mass is 10.5. The van der Waals surface area contributed by atoms with Gasteiger partial charge in [-0.25, -0.2) is 0 Å². The quantitative estimate of drug-likeness (QED) is 0.390. The molecular formula is C12H26O6P2. The van der Waals surface area contributed by atoms with Gasteiger partial charge in [0.15, 0.2) is 5.40 Å². The first-order valence-corrected chi connectivity index (χ1v) is 10.0. The number of hydrogen-bond donors (Lipinski definition) is 0. The summed E-state index contributed by atoms with van der Waals surface area (Å²) in [5.74, 6) is 0. The summed E-state index contributed by atoms with van der Waals surface area (Å²) in [5, 5.41) is -0.993. The minimum atomic E-state index is -3.61. The van der Waals surface area contributed by atoms with Crippen LogP contribution in [-0.4, -0.2) is 31.8 Å². The van der Waals surface area contributed by atoms with Gasteiger partial charge >= 0.3 is 15.2 Å². The van der Waals surface area contributed by atoms with Crippen LogP contribution in [0.3, 0.4) is 0 Å². The molecule has 120 valence electrons. The normalized spacial score (nSPS) is 12.8. The van der Waals surface area contributed by atoms with E-state index in [9.17, 15) is 9.13 Å². The SMILES string of the molecule is C=CCC(P(=O)(OCC)OCC)P(=O)(OCC)OCC. The van der Waals surface area contributed by atoms with Crippen molar-refractivity contribution < 1.29 is 27.2 Å². The number of allylic oxidation sites excluding steroid dienone is 1. The number of hydrogen-bond acceptors (Lipinski definition) is 6. The number of rotatable bonds is 12. The fourth-order valence-corrected chi connectivity index (χ4v) is 7.00. The summed E-state index contributed by atoms with van der Waals surface area (Å²) in [6.45, 7) is 11.1. The van der Waals surface area contributed by atoms with Crippen molar-refractivity contribution in [3.8, 4) is 0 Å². The van der Waals surface area contributed by atoms with Gasteiger partial charge < -0.3 is 18.1 Å². The molecule has 0 aromatic heterocycles. The monoisotopic (exact) mass is 328 g/mol. The van der Waals surface area contributed by atoms with Gasteiger partial charge in [0.1, 0.15) is 0 Å². The first-order valence-electron chi connectivity index (χ1n) is 6.82. The highest BCUT2D eigenvalue weighted by Crippen LogP contribution is 2.71. The van der Waals surface area contributed by atoms with Crippen LogP contribution in [0.15, 0.2) is 12.7 Å². The molecule has 0 saturated heterocycles. The lowest BCUT2D eigenvalue weighted by Gasteiger charge is -2.30. The van der Waals surface area contributed by atoms with Crippen LogP contribution in [0.4, 0.5) is 0 Å².